The van der Waals surface area contributed by atoms with E-state index in [4.69, 9.17) is 34.8 Å². The smallest absolute Gasteiger partial charge is 0.310 e. The molecule has 15 heteroatoms. The Labute approximate surface area is 225 Å². The zero-order valence-electron chi connectivity index (χ0n) is 18.4. The standard InChI is InChI=1S/C23H14Cl3F7N2O2S/c24-16-6-5-13(10-15(16)21(36)35-18-7-4-12(27)9-17(18)28)34-22(37)20-19(23(20,25)26)11-2-1-3-14(8-11)38(29,30,31,32)33/h1-10,19-20H,(H,34,37)(H,35,36). The van der Waals surface area contributed by atoms with Crippen molar-refractivity contribution in [2.75, 3.05) is 10.6 Å². The first-order valence-corrected chi connectivity index (χ1v) is 13.4. The lowest BCUT2D eigenvalue weighted by atomic mass is 10.1. The fraction of sp³-hybridized carbons (Fsp3) is 0.130. The summed E-state index contributed by atoms with van der Waals surface area (Å²) in [5.41, 5.74) is -0.893. The van der Waals surface area contributed by atoms with Crippen molar-refractivity contribution in [1.82, 2.24) is 0 Å². The van der Waals surface area contributed by atoms with E-state index in [1.54, 1.807) is 0 Å². The van der Waals surface area contributed by atoms with E-state index in [-0.39, 0.29) is 39.7 Å². The van der Waals surface area contributed by atoms with Crippen LogP contribution in [0.4, 0.5) is 39.6 Å². The van der Waals surface area contributed by atoms with E-state index in [1.807, 2.05) is 0 Å². The quantitative estimate of drug-likeness (QED) is 0.213. The Balaban J connectivity index is 1.54. The summed E-state index contributed by atoms with van der Waals surface area (Å²) >= 11 is 18.3. The van der Waals surface area contributed by atoms with Crippen LogP contribution in [0.1, 0.15) is 21.8 Å². The molecule has 0 saturated heterocycles. The van der Waals surface area contributed by atoms with Crippen molar-refractivity contribution >= 4 is 68.2 Å². The molecule has 0 radical (unpaired) electrons. The molecule has 1 aliphatic rings. The molecule has 0 spiro atoms. The van der Waals surface area contributed by atoms with Crippen molar-refractivity contribution < 1.29 is 37.8 Å². The normalized spacial score (nSPS) is 20.2. The Morgan fingerprint density at radius 2 is 1.55 bits per heavy atom. The number of benzene rings is 3. The van der Waals surface area contributed by atoms with Crippen LogP contribution >= 0.6 is 45.0 Å². The molecule has 0 bridgehead atoms. The molecule has 1 aliphatic carbocycles. The minimum absolute atomic E-state index is 0.0142. The number of carbonyl (C=O) groups is 2. The van der Waals surface area contributed by atoms with Gasteiger partial charge < -0.3 is 10.6 Å². The van der Waals surface area contributed by atoms with Crippen LogP contribution in [0.15, 0.2) is 65.6 Å². The van der Waals surface area contributed by atoms with Gasteiger partial charge in [-0.15, -0.1) is 23.2 Å². The van der Waals surface area contributed by atoms with Crippen molar-refractivity contribution in [3.8, 4) is 0 Å². The molecule has 1 fully saturated rings. The molecule has 0 aliphatic heterocycles. The highest BCUT2D eigenvalue weighted by Crippen LogP contribution is 3.02. The van der Waals surface area contributed by atoms with Crippen molar-refractivity contribution in [3.63, 3.8) is 0 Å². The number of hydrogen-bond donors (Lipinski definition) is 2. The molecule has 2 atom stereocenters. The van der Waals surface area contributed by atoms with E-state index in [9.17, 15) is 37.8 Å². The van der Waals surface area contributed by atoms with Crippen molar-refractivity contribution in [3.05, 3.63) is 88.4 Å². The Morgan fingerprint density at radius 1 is 0.868 bits per heavy atom. The fourth-order valence-electron chi connectivity index (χ4n) is 3.79. The largest absolute Gasteiger partial charge is 0.326 e. The van der Waals surface area contributed by atoms with Gasteiger partial charge in [-0.2, -0.15) is 0 Å². The highest BCUT2D eigenvalue weighted by Gasteiger charge is 2.69. The summed E-state index contributed by atoms with van der Waals surface area (Å²) in [4.78, 5) is 23.3. The molecule has 3 aromatic rings. The maximum Gasteiger partial charge on any atom is 0.310 e. The lowest BCUT2D eigenvalue weighted by Gasteiger charge is -2.40. The minimum atomic E-state index is -9.99. The molecular weight excluding hydrogens is 608 g/mol. The van der Waals surface area contributed by atoms with Crippen LogP contribution in [-0.4, -0.2) is 16.1 Å². The van der Waals surface area contributed by atoms with Crippen LogP contribution in [0.3, 0.4) is 0 Å². The van der Waals surface area contributed by atoms with Gasteiger partial charge in [-0.05, 0) is 48.0 Å². The topological polar surface area (TPSA) is 58.2 Å². The number of nitrogens with one attached hydrogen (secondary N) is 2. The second-order valence-electron chi connectivity index (χ2n) is 8.43. The average molecular weight is 622 g/mol. The number of carbonyl (C=O) groups excluding carboxylic acids is 2. The Morgan fingerprint density at radius 3 is 2.18 bits per heavy atom. The van der Waals surface area contributed by atoms with Crippen LogP contribution < -0.4 is 10.6 Å². The molecule has 0 aromatic heterocycles. The molecule has 2 amide bonds. The number of rotatable bonds is 6. The van der Waals surface area contributed by atoms with E-state index >= 15 is 0 Å². The monoisotopic (exact) mass is 620 g/mol. The molecule has 3 aromatic carbocycles. The first kappa shape index (κ1) is 28.3. The van der Waals surface area contributed by atoms with E-state index in [0.717, 1.165) is 30.3 Å². The molecule has 38 heavy (non-hydrogen) atoms. The summed E-state index contributed by atoms with van der Waals surface area (Å²) < 4.78 is 91.2. The first-order chi connectivity index (χ1) is 17.3. The first-order valence-electron chi connectivity index (χ1n) is 10.4. The van der Waals surface area contributed by atoms with Gasteiger partial charge in [0.2, 0.25) is 5.91 Å². The second-order valence-corrected chi connectivity index (χ2v) is 12.7. The van der Waals surface area contributed by atoms with Gasteiger partial charge in [0, 0.05) is 17.7 Å². The zero-order valence-corrected chi connectivity index (χ0v) is 21.5. The molecule has 1 saturated carbocycles. The highest BCUT2D eigenvalue weighted by atomic mass is 35.5. The summed E-state index contributed by atoms with van der Waals surface area (Å²) in [7, 11) is -9.99. The van der Waals surface area contributed by atoms with Crippen LogP contribution in [0, 0.1) is 17.6 Å². The zero-order chi connectivity index (χ0) is 28.3. The minimum Gasteiger partial charge on any atom is -0.326 e. The van der Waals surface area contributed by atoms with Crippen LogP contribution in [0.2, 0.25) is 5.02 Å². The van der Waals surface area contributed by atoms with Gasteiger partial charge in [0.05, 0.1) is 22.2 Å². The Bertz CT molecular complexity index is 1490. The lowest BCUT2D eigenvalue weighted by Crippen LogP contribution is -2.18. The molecule has 2 N–H and O–H groups in total. The SMILES string of the molecule is O=C(Nc1ccc(F)cc1F)c1cc(NC(=O)C2C(c3cccc(S(F)(F)(F)(F)F)c3)C2(Cl)Cl)ccc1Cl. The number of alkyl halides is 2. The van der Waals surface area contributed by atoms with Gasteiger partial charge >= 0.3 is 10.2 Å². The highest BCUT2D eigenvalue weighted by molar-refractivity contribution is 8.45. The number of anilines is 2. The van der Waals surface area contributed by atoms with E-state index in [0.29, 0.717) is 6.07 Å². The average Bonchev–Trinajstić information content (AvgIpc) is 3.37. The van der Waals surface area contributed by atoms with Crippen molar-refractivity contribution in [2.45, 2.75) is 15.1 Å². The molecule has 2 unspecified atom stereocenters. The summed E-state index contributed by atoms with van der Waals surface area (Å²) in [5, 5.41) is 4.50. The Hall–Kier alpha value is -2.67. The molecule has 4 rings (SSSR count). The van der Waals surface area contributed by atoms with Gasteiger partial charge in [-0.3, -0.25) is 9.59 Å². The maximum absolute atomic E-state index is 13.9. The fourth-order valence-corrected chi connectivity index (χ4v) is 5.52. The predicted octanol–water partition coefficient (Wildman–Crippen LogP) is 9.05. The van der Waals surface area contributed by atoms with E-state index < -0.39 is 54.7 Å². The summed E-state index contributed by atoms with van der Waals surface area (Å²) in [6.07, 6.45) is 0. The Kier molecular flexibility index (Phi) is 6.46. The van der Waals surface area contributed by atoms with E-state index in [1.165, 1.54) is 12.1 Å². The lowest BCUT2D eigenvalue weighted by molar-refractivity contribution is -0.117. The van der Waals surface area contributed by atoms with Crippen molar-refractivity contribution in [1.29, 1.82) is 0 Å². The van der Waals surface area contributed by atoms with E-state index in [2.05, 4.69) is 10.6 Å². The number of hydrogen-bond acceptors (Lipinski definition) is 2. The summed E-state index contributed by atoms with van der Waals surface area (Å²) in [5.74, 6) is -6.28. The number of halogens is 10. The van der Waals surface area contributed by atoms with Crippen LogP contribution in [-0.2, 0) is 4.79 Å². The van der Waals surface area contributed by atoms with Gasteiger partial charge in [-0.25, -0.2) is 8.78 Å². The second kappa shape index (κ2) is 8.67. The van der Waals surface area contributed by atoms with Crippen LogP contribution in [0.5, 0.6) is 0 Å². The third kappa shape index (κ3) is 5.83. The van der Waals surface area contributed by atoms with Gasteiger partial charge in [0.15, 0.2) is 0 Å². The molecular formula is C23H14Cl3F7N2O2S. The summed E-state index contributed by atoms with van der Waals surface area (Å²) in [6.45, 7) is 0. The number of amides is 2. The van der Waals surface area contributed by atoms with Gasteiger partial charge in [0.25, 0.3) is 5.91 Å². The van der Waals surface area contributed by atoms with Gasteiger partial charge in [-0.1, -0.05) is 43.2 Å². The third-order valence-corrected chi connectivity index (χ3v) is 8.07. The summed E-state index contributed by atoms with van der Waals surface area (Å²) in [6, 6.07) is 8.35. The molecule has 0 heterocycles. The molecule has 4 nitrogen and oxygen atoms in total. The predicted molar refractivity (Wildman–Crippen MR) is 133 cm³/mol. The van der Waals surface area contributed by atoms with Crippen molar-refractivity contribution in [2.24, 2.45) is 5.92 Å². The third-order valence-electron chi connectivity index (χ3n) is 5.66. The van der Waals surface area contributed by atoms with Gasteiger partial charge in [0.1, 0.15) is 20.9 Å². The van der Waals surface area contributed by atoms with Crippen LogP contribution in [0.25, 0.3) is 0 Å². The molecule has 204 valence electrons. The maximum atomic E-state index is 13.9.